The fourth-order valence-corrected chi connectivity index (χ4v) is 3.97. The molecule has 0 spiro atoms. The lowest BCUT2D eigenvalue weighted by atomic mass is 10.1. The van der Waals surface area contributed by atoms with Crippen molar-refractivity contribution in [2.75, 3.05) is 23.4 Å². The Bertz CT molecular complexity index is 792. The van der Waals surface area contributed by atoms with Crippen LogP contribution in [-0.4, -0.2) is 30.4 Å². The number of hydrogen-bond acceptors (Lipinski definition) is 4. The Balaban J connectivity index is 1.68. The van der Waals surface area contributed by atoms with Gasteiger partial charge in [-0.05, 0) is 36.8 Å². The lowest BCUT2D eigenvalue weighted by molar-refractivity contribution is -0.142. The van der Waals surface area contributed by atoms with Crippen molar-refractivity contribution in [1.29, 1.82) is 0 Å². The smallest absolute Gasteiger partial charge is 0.326 e. The second kappa shape index (κ2) is 8.27. The zero-order valence-electron chi connectivity index (χ0n) is 14.9. The molecule has 1 unspecified atom stereocenters. The van der Waals surface area contributed by atoms with E-state index in [0.717, 1.165) is 16.1 Å². The molecule has 2 aromatic rings. The van der Waals surface area contributed by atoms with Crippen molar-refractivity contribution in [3.63, 3.8) is 0 Å². The Hall–Kier alpha value is -2.47. The molecule has 2 amide bonds. The third kappa shape index (κ3) is 4.38. The molecule has 0 aliphatic carbocycles. The molecule has 0 fully saturated rings. The van der Waals surface area contributed by atoms with Crippen molar-refractivity contribution in [2.45, 2.75) is 30.4 Å². The van der Waals surface area contributed by atoms with Gasteiger partial charge in [0.25, 0.3) is 0 Å². The molecule has 0 bridgehead atoms. The summed E-state index contributed by atoms with van der Waals surface area (Å²) in [7, 11) is 0. The number of ether oxygens (including phenoxy) is 1. The molecule has 5 nitrogen and oxygen atoms in total. The summed E-state index contributed by atoms with van der Waals surface area (Å²) in [5.74, 6) is -0.249. The number of nitrogens with one attached hydrogen (secondary N) is 1. The Morgan fingerprint density at radius 2 is 1.92 bits per heavy atom. The number of para-hydroxylation sites is 1. The highest BCUT2D eigenvalue weighted by atomic mass is 32.2. The van der Waals surface area contributed by atoms with Gasteiger partial charge in [-0.25, -0.2) is 4.79 Å². The Labute approximate surface area is 157 Å². The van der Waals surface area contributed by atoms with Crippen molar-refractivity contribution < 1.29 is 14.3 Å². The maximum atomic E-state index is 12.8. The van der Waals surface area contributed by atoms with Gasteiger partial charge in [0.15, 0.2) is 0 Å². The number of carbonyl (C=O) groups excluding carboxylic acids is 2. The molecule has 0 saturated heterocycles. The van der Waals surface area contributed by atoms with Crippen LogP contribution in [-0.2, 0) is 16.0 Å². The summed E-state index contributed by atoms with van der Waals surface area (Å²) in [5.41, 5.74) is 2.49. The van der Waals surface area contributed by atoms with E-state index >= 15 is 0 Å². The van der Waals surface area contributed by atoms with E-state index in [9.17, 15) is 9.59 Å². The van der Waals surface area contributed by atoms with Gasteiger partial charge >= 0.3 is 12.0 Å². The van der Waals surface area contributed by atoms with Crippen LogP contribution in [0.2, 0.25) is 0 Å². The van der Waals surface area contributed by atoms with Crippen LogP contribution in [0.15, 0.2) is 53.4 Å². The van der Waals surface area contributed by atoms with Crippen LogP contribution in [0.4, 0.5) is 16.2 Å². The summed E-state index contributed by atoms with van der Waals surface area (Å²) in [5, 5.41) is 3.28. The van der Waals surface area contributed by atoms with Crippen molar-refractivity contribution >= 4 is 35.1 Å². The normalized spacial score (nSPS) is 15.9. The third-order valence-electron chi connectivity index (χ3n) is 4.03. The number of urea groups is 1. The van der Waals surface area contributed by atoms with Crippen LogP contribution in [0.1, 0.15) is 19.4 Å². The highest BCUT2D eigenvalue weighted by Gasteiger charge is 2.26. The van der Waals surface area contributed by atoms with Gasteiger partial charge in [0.2, 0.25) is 0 Å². The molecule has 3 rings (SSSR count). The van der Waals surface area contributed by atoms with Gasteiger partial charge < -0.3 is 10.1 Å². The van der Waals surface area contributed by atoms with Crippen LogP contribution in [0.5, 0.6) is 0 Å². The van der Waals surface area contributed by atoms with Gasteiger partial charge in [0.05, 0.1) is 18.7 Å². The van der Waals surface area contributed by atoms with E-state index in [2.05, 4.69) is 12.2 Å². The molecule has 1 atom stereocenters. The molecule has 26 heavy (non-hydrogen) atoms. The quantitative estimate of drug-likeness (QED) is 0.814. The number of esters is 1. The van der Waals surface area contributed by atoms with E-state index in [0.29, 0.717) is 24.1 Å². The fourth-order valence-electron chi connectivity index (χ4n) is 2.86. The third-order valence-corrected chi connectivity index (χ3v) is 5.18. The van der Waals surface area contributed by atoms with Crippen molar-refractivity contribution in [3.05, 3.63) is 54.1 Å². The molecule has 0 radical (unpaired) electrons. The number of amides is 2. The van der Waals surface area contributed by atoms with Crippen molar-refractivity contribution in [3.8, 4) is 0 Å². The highest BCUT2D eigenvalue weighted by molar-refractivity contribution is 8.00. The van der Waals surface area contributed by atoms with E-state index in [1.807, 2.05) is 36.4 Å². The predicted octanol–water partition coefficient (Wildman–Crippen LogP) is 4.32. The fraction of sp³-hybridized carbons (Fsp3) is 0.300. The minimum atomic E-state index is -0.249. The van der Waals surface area contributed by atoms with Crippen LogP contribution in [0.3, 0.4) is 0 Å². The number of nitrogens with zero attached hydrogens (tertiary/aromatic N) is 1. The maximum Gasteiger partial charge on any atom is 0.326 e. The SMILES string of the molecule is CCOC(=O)Cc1ccc(NC(=O)N2CC(C)Sc3ccccc32)cc1. The highest BCUT2D eigenvalue weighted by Crippen LogP contribution is 2.38. The number of fused-ring (bicyclic) bond motifs is 1. The largest absolute Gasteiger partial charge is 0.466 e. The van der Waals surface area contributed by atoms with Gasteiger partial charge in [-0.3, -0.25) is 9.69 Å². The summed E-state index contributed by atoms with van der Waals surface area (Å²) in [4.78, 5) is 27.2. The van der Waals surface area contributed by atoms with Gasteiger partial charge in [-0.2, -0.15) is 0 Å². The minimum Gasteiger partial charge on any atom is -0.466 e. The van der Waals surface area contributed by atoms with Gasteiger partial charge in [-0.15, -0.1) is 11.8 Å². The summed E-state index contributed by atoms with van der Waals surface area (Å²) >= 11 is 1.79. The molecule has 1 N–H and O–H groups in total. The standard InChI is InChI=1S/C20H22N2O3S/c1-3-25-19(23)12-15-8-10-16(11-9-15)21-20(24)22-13-14(2)26-18-7-5-4-6-17(18)22/h4-11,14H,3,12-13H2,1-2H3,(H,21,24). The van der Waals surface area contributed by atoms with Crippen LogP contribution < -0.4 is 10.2 Å². The van der Waals surface area contributed by atoms with E-state index in [1.165, 1.54) is 0 Å². The molecule has 1 aliphatic rings. The molecular formula is C20H22N2O3S. The topological polar surface area (TPSA) is 58.6 Å². The molecule has 0 aromatic heterocycles. The first-order valence-electron chi connectivity index (χ1n) is 8.65. The van der Waals surface area contributed by atoms with E-state index < -0.39 is 0 Å². The summed E-state index contributed by atoms with van der Waals surface area (Å²) in [6.45, 7) is 4.94. The predicted molar refractivity (Wildman–Crippen MR) is 105 cm³/mol. The summed E-state index contributed by atoms with van der Waals surface area (Å²) < 4.78 is 4.95. The zero-order valence-corrected chi connectivity index (χ0v) is 15.7. The lowest BCUT2D eigenvalue weighted by Gasteiger charge is -2.32. The number of anilines is 2. The summed E-state index contributed by atoms with van der Waals surface area (Å²) in [6.07, 6.45) is 0.232. The molecule has 136 valence electrons. The van der Waals surface area contributed by atoms with E-state index in [1.54, 1.807) is 35.7 Å². The number of hydrogen-bond donors (Lipinski definition) is 1. The maximum absolute atomic E-state index is 12.8. The van der Waals surface area contributed by atoms with Gasteiger partial charge in [0, 0.05) is 22.4 Å². The zero-order chi connectivity index (χ0) is 18.5. The second-order valence-electron chi connectivity index (χ2n) is 6.12. The Morgan fingerprint density at radius 1 is 1.19 bits per heavy atom. The number of thioether (sulfide) groups is 1. The molecule has 2 aromatic carbocycles. The number of rotatable bonds is 4. The first-order chi connectivity index (χ1) is 12.6. The van der Waals surface area contributed by atoms with Crippen LogP contribution in [0, 0.1) is 0 Å². The van der Waals surface area contributed by atoms with Crippen LogP contribution >= 0.6 is 11.8 Å². The van der Waals surface area contributed by atoms with Gasteiger partial charge in [0.1, 0.15) is 0 Å². The van der Waals surface area contributed by atoms with Crippen LogP contribution in [0.25, 0.3) is 0 Å². The molecule has 1 aliphatic heterocycles. The molecular weight excluding hydrogens is 348 g/mol. The molecule has 6 heteroatoms. The molecule has 1 heterocycles. The van der Waals surface area contributed by atoms with Crippen molar-refractivity contribution in [1.82, 2.24) is 0 Å². The minimum absolute atomic E-state index is 0.150. The number of benzene rings is 2. The number of carbonyl (C=O) groups is 2. The van der Waals surface area contributed by atoms with E-state index in [-0.39, 0.29) is 18.4 Å². The second-order valence-corrected chi connectivity index (χ2v) is 7.60. The first-order valence-corrected chi connectivity index (χ1v) is 9.53. The monoisotopic (exact) mass is 370 g/mol. The lowest BCUT2D eigenvalue weighted by Crippen LogP contribution is -2.41. The molecule has 0 saturated carbocycles. The Kier molecular flexibility index (Phi) is 5.83. The van der Waals surface area contributed by atoms with Crippen molar-refractivity contribution in [2.24, 2.45) is 0 Å². The average molecular weight is 370 g/mol. The summed E-state index contributed by atoms with van der Waals surface area (Å²) in [6, 6.07) is 15.1. The average Bonchev–Trinajstić information content (AvgIpc) is 2.62. The Morgan fingerprint density at radius 3 is 2.65 bits per heavy atom. The van der Waals surface area contributed by atoms with E-state index in [4.69, 9.17) is 4.74 Å². The first kappa shape index (κ1) is 18.3. The van der Waals surface area contributed by atoms with Gasteiger partial charge in [-0.1, -0.05) is 31.2 Å².